The number of hydrogen-bond acceptors (Lipinski definition) is 4. The first-order valence-corrected chi connectivity index (χ1v) is 6.59. The van der Waals surface area contributed by atoms with E-state index in [0.29, 0.717) is 12.1 Å². The molecule has 20 heavy (non-hydrogen) atoms. The van der Waals surface area contributed by atoms with Crippen molar-refractivity contribution in [3.63, 3.8) is 0 Å². The Kier molecular flexibility index (Phi) is 4.47. The van der Waals surface area contributed by atoms with Crippen molar-refractivity contribution in [2.45, 2.75) is 26.3 Å². The number of aromatic nitrogens is 2. The molecule has 106 valence electrons. The number of nitro benzene ring substituents is 1. The highest BCUT2D eigenvalue weighted by Gasteiger charge is 2.13. The number of benzene rings is 1. The van der Waals surface area contributed by atoms with Crippen molar-refractivity contribution >= 4 is 5.69 Å². The van der Waals surface area contributed by atoms with Crippen LogP contribution in [0.1, 0.15) is 18.4 Å². The van der Waals surface area contributed by atoms with Gasteiger partial charge in [-0.3, -0.25) is 10.1 Å². The van der Waals surface area contributed by atoms with Crippen LogP contribution < -0.4 is 5.73 Å². The van der Waals surface area contributed by atoms with Gasteiger partial charge in [0.05, 0.1) is 16.9 Å². The molecule has 2 rings (SSSR count). The maximum Gasteiger partial charge on any atom is 0.272 e. The second-order valence-corrected chi connectivity index (χ2v) is 4.75. The van der Waals surface area contributed by atoms with E-state index in [9.17, 15) is 10.1 Å². The monoisotopic (exact) mass is 274 g/mol. The summed E-state index contributed by atoms with van der Waals surface area (Å²) in [4.78, 5) is 14.9. The molecule has 2 N–H and O–H groups in total. The molecule has 1 aromatic carbocycles. The van der Waals surface area contributed by atoms with E-state index in [1.54, 1.807) is 25.4 Å². The van der Waals surface area contributed by atoms with Crippen LogP contribution in [0.25, 0.3) is 11.3 Å². The zero-order valence-electron chi connectivity index (χ0n) is 11.5. The molecule has 0 aliphatic carbocycles. The summed E-state index contributed by atoms with van der Waals surface area (Å²) in [6.45, 7) is 3.27. The Morgan fingerprint density at radius 3 is 2.90 bits per heavy atom. The molecular weight excluding hydrogens is 256 g/mol. The third-order valence-corrected chi connectivity index (χ3v) is 3.21. The molecule has 0 amide bonds. The Balaban J connectivity index is 2.19. The van der Waals surface area contributed by atoms with Crippen molar-refractivity contribution in [3.8, 4) is 11.3 Å². The van der Waals surface area contributed by atoms with Crippen molar-refractivity contribution in [3.05, 3.63) is 46.4 Å². The van der Waals surface area contributed by atoms with Crippen LogP contribution in [0.15, 0.2) is 30.7 Å². The van der Waals surface area contributed by atoms with Crippen LogP contribution in [-0.2, 0) is 6.54 Å². The highest BCUT2D eigenvalue weighted by Crippen LogP contribution is 2.25. The second kappa shape index (κ2) is 6.29. The molecule has 0 spiro atoms. The standard InChI is InChI=1S/C14H18N4O2/c1-11-4-5-12(8-14(11)18(19)20)13-9-17(10-16-13)7-3-2-6-15/h4-5,8-10H,2-3,6-7,15H2,1H3. The van der Waals surface area contributed by atoms with Gasteiger partial charge in [0.15, 0.2) is 0 Å². The normalized spacial score (nSPS) is 10.7. The van der Waals surface area contributed by atoms with E-state index in [-0.39, 0.29) is 10.6 Å². The van der Waals surface area contributed by atoms with Gasteiger partial charge in [0.25, 0.3) is 5.69 Å². The lowest BCUT2D eigenvalue weighted by molar-refractivity contribution is -0.385. The summed E-state index contributed by atoms with van der Waals surface area (Å²) in [6.07, 6.45) is 5.63. The van der Waals surface area contributed by atoms with Crippen LogP contribution in [0.5, 0.6) is 0 Å². The first kappa shape index (κ1) is 14.2. The number of rotatable bonds is 6. The summed E-state index contributed by atoms with van der Waals surface area (Å²) in [5.41, 5.74) is 7.75. The van der Waals surface area contributed by atoms with Gasteiger partial charge >= 0.3 is 0 Å². The molecule has 0 atom stereocenters. The van der Waals surface area contributed by atoms with Crippen LogP contribution >= 0.6 is 0 Å². The Morgan fingerprint density at radius 2 is 2.20 bits per heavy atom. The van der Waals surface area contributed by atoms with E-state index in [0.717, 1.165) is 30.6 Å². The number of hydrogen-bond donors (Lipinski definition) is 1. The van der Waals surface area contributed by atoms with Gasteiger partial charge in [-0.2, -0.15) is 0 Å². The van der Waals surface area contributed by atoms with Gasteiger partial charge < -0.3 is 10.3 Å². The first-order chi connectivity index (χ1) is 9.61. The molecule has 0 bridgehead atoms. The van der Waals surface area contributed by atoms with Gasteiger partial charge in [0.2, 0.25) is 0 Å². The van der Waals surface area contributed by atoms with Crippen LogP contribution in [0.4, 0.5) is 5.69 Å². The van der Waals surface area contributed by atoms with Gasteiger partial charge in [-0.25, -0.2) is 4.98 Å². The molecule has 0 saturated carbocycles. The molecule has 6 heteroatoms. The average Bonchev–Trinajstić information content (AvgIpc) is 2.88. The van der Waals surface area contributed by atoms with E-state index < -0.39 is 0 Å². The SMILES string of the molecule is Cc1ccc(-c2cn(CCCCN)cn2)cc1[N+](=O)[O-]. The molecule has 2 aromatic rings. The summed E-state index contributed by atoms with van der Waals surface area (Å²) in [5.74, 6) is 0. The highest BCUT2D eigenvalue weighted by atomic mass is 16.6. The minimum atomic E-state index is -0.364. The van der Waals surface area contributed by atoms with E-state index in [1.807, 2.05) is 16.8 Å². The molecule has 1 aromatic heterocycles. The molecule has 0 radical (unpaired) electrons. The fraction of sp³-hybridized carbons (Fsp3) is 0.357. The van der Waals surface area contributed by atoms with E-state index in [4.69, 9.17) is 5.73 Å². The van der Waals surface area contributed by atoms with Gasteiger partial charge in [-0.15, -0.1) is 0 Å². The number of nitro groups is 1. The van der Waals surface area contributed by atoms with Crippen molar-refractivity contribution in [1.29, 1.82) is 0 Å². The summed E-state index contributed by atoms with van der Waals surface area (Å²) in [6, 6.07) is 5.18. The number of nitrogens with two attached hydrogens (primary N) is 1. The smallest absolute Gasteiger partial charge is 0.272 e. The maximum absolute atomic E-state index is 11.0. The molecule has 0 fully saturated rings. The number of unbranched alkanes of at least 4 members (excludes halogenated alkanes) is 1. The molecule has 0 saturated heterocycles. The van der Waals surface area contributed by atoms with Crippen LogP contribution in [0.3, 0.4) is 0 Å². The first-order valence-electron chi connectivity index (χ1n) is 6.59. The lowest BCUT2D eigenvalue weighted by Gasteiger charge is -2.01. The van der Waals surface area contributed by atoms with E-state index in [1.165, 1.54) is 0 Å². The topological polar surface area (TPSA) is 87.0 Å². The molecule has 0 aliphatic rings. The van der Waals surface area contributed by atoms with Gasteiger partial charge in [-0.05, 0) is 26.3 Å². The van der Waals surface area contributed by atoms with Gasteiger partial charge in [0.1, 0.15) is 0 Å². The quantitative estimate of drug-likeness (QED) is 0.498. The minimum Gasteiger partial charge on any atom is -0.337 e. The van der Waals surface area contributed by atoms with Crippen molar-refractivity contribution in [2.75, 3.05) is 6.54 Å². The minimum absolute atomic E-state index is 0.125. The summed E-state index contributed by atoms with van der Waals surface area (Å²) in [7, 11) is 0. The zero-order valence-corrected chi connectivity index (χ0v) is 11.5. The molecule has 0 aliphatic heterocycles. The molecule has 0 unspecified atom stereocenters. The van der Waals surface area contributed by atoms with Crippen molar-refractivity contribution < 1.29 is 4.92 Å². The maximum atomic E-state index is 11.0. The third-order valence-electron chi connectivity index (χ3n) is 3.21. The van der Waals surface area contributed by atoms with Crippen molar-refractivity contribution in [2.24, 2.45) is 5.73 Å². The van der Waals surface area contributed by atoms with Crippen LogP contribution in [-0.4, -0.2) is 21.0 Å². The molecule has 6 nitrogen and oxygen atoms in total. The number of nitrogens with zero attached hydrogens (tertiary/aromatic N) is 3. The fourth-order valence-corrected chi connectivity index (χ4v) is 2.04. The highest BCUT2D eigenvalue weighted by molar-refractivity contribution is 5.63. The third kappa shape index (κ3) is 3.21. The zero-order chi connectivity index (χ0) is 14.5. The Morgan fingerprint density at radius 1 is 1.40 bits per heavy atom. The summed E-state index contributed by atoms with van der Waals surface area (Å²) in [5, 5.41) is 11.0. The van der Waals surface area contributed by atoms with Crippen LogP contribution in [0, 0.1) is 17.0 Å². The summed E-state index contributed by atoms with van der Waals surface area (Å²) >= 11 is 0. The predicted octanol–water partition coefficient (Wildman–Crippen LogP) is 2.51. The average molecular weight is 274 g/mol. The number of aryl methyl sites for hydroxylation is 2. The lowest BCUT2D eigenvalue weighted by atomic mass is 10.1. The molecule has 1 heterocycles. The fourth-order valence-electron chi connectivity index (χ4n) is 2.04. The van der Waals surface area contributed by atoms with E-state index in [2.05, 4.69) is 4.98 Å². The van der Waals surface area contributed by atoms with Gasteiger partial charge in [-0.1, -0.05) is 12.1 Å². The second-order valence-electron chi connectivity index (χ2n) is 4.75. The largest absolute Gasteiger partial charge is 0.337 e. The lowest BCUT2D eigenvalue weighted by Crippen LogP contribution is -2.01. The summed E-state index contributed by atoms with van der Waals surface area (Å²) < 4.78 is 1.98. The van der Waals surface area contributed by atoms with Crippen LogP contribution in [0.2, 0.25) is 0 Å². The van der Waals surface area contributed by atoms with Crippen molar-refractivity contribution in [1.82, 2.24) is 9.55 Å². The predicted molar refractivity (Wildman–Crippen MR) is 77.3 cm³/mol. The number of imidazole rings is 1. The Bertz CT molecular complexity index is 607. The molecular formula is C14H18N4O2. The van der Waals surface area contributed by atoms with E-state index >= 15 is 0 Å². The Hall–Kier alpha value is -2.21. The van der Waals surface area contributed by atoms with Gasteiger partial charge in [0, 0.05) is 29.9 Å². The Labute approximate surface area is 117 Å².